The summed E-state index contributed by atoms with van der Waals surface area (Å²) in [4.78, 5) is 23.7. The molecule has 1 fully saturated rings. The molecule has 0 aliphatic heterocycles. The third-order valence-electron chi connectivity index (χ3n) is 3.97. The Morgan fingerprint density at radius 3 is 2.64 bits per heavy atom. The van der Waals surface area contributed by atoms with E-state index in [-0.39, 0.29) is 36.6 Å². The molecule has 1 aliphatic carbocycles. The summed E-state index contributed by atoms with van der Waals surface area (Å²) in [5, 5.41) is 8.97. The minimum absolute atomic E-state index is 0. The van der Waals surface area contributed by atoms with Crippen LogP contribution in [0.15, 0.2) is 40.9 Å². The quantitative estimate of drug-likeness (QED) is 0.686. The van der Waals surface area contributed by atoms with Crippen LogP contribution in [-0.2, 0) is 4.79 Å². The second kappa shape index (κ2) is 8.64. The molecule has 1 unspecified atom stereocenters. The van der Waals surface area contributed by atoms with Gasteiger partial charge in [-0.25, -0.2) is 0 Å². The van der Waals surface area contributed by atoms with Gasteiger partial charge in [-0.2, -0.15) is 0 Å². The van der Waals surface area contributed by atoms with Gasteiger partial charge in [0.25, 0.3) is 5.91 Å². The molecule has 2 amide bonds. The molecule has 1 saturated carbocycles. The van der Waals surface area contributed by atoms with E-state index in [0.717, 1.165) is 18.4 Å². The lowest BCUT2D eigenvalue weighted by Crippen LogP contribution is -2.43. The Bertz CT molecular complexity index is 716. The number of carbonyl (C=O) groups excluding carboxylic acids is 2. The second-order valence-electron chi connectivity index (χ2n) is 5.93. The van der Waals surface area contributed by atoms with Gasteiger partial charge in [0.15, 0.2) is 11.5 Å². The van der Waals surface area contributed by atoms with Gasteiger partial charge in [-0.1, -0.05) is 35.5 Å². The first-order valence-electron chi connectivity index (χ1n) is 7.96. The van der Waals surface area contributed by atoms with Gasteiger partial charge < -0.3 is 20.9 Å². The number of rotatable bonds is 7. The summed E-state index contributed by atoms with van der Waals surface area (Å²) in [6.45, 7) is 0.311. The van der Waals surface area contributed by atoms with E-state index < -0.39 is 5.91 Å². The monoisotopic (exact) mass is 364 g/mol. The average molecular weight is 365 g/mol. The third-order valence-corrected chi connectivity index (χ3v) is 3.97. The lowest BCUT2D eigenvalue weighted by Gasteiger charge is -2.11. The topological polar surface area (TPSA) is 110 Å². The van der Waals surface area contributed by atoms with Crippen LogP contribution in [0.3, 0.4) is 0 Å². The number of hydrogen-bond donors (Lipinski definition) is 3. The van der Waals surface area contributed by atoms with Crippen molar-refractivity contribution in [3.8, 4) is 11.3 Å². The molecule has 1 atom stereocenters. The lowest BCUT2D eigenvalue weighted by molar-refractivity contribution is -0.120. The summed E-state index contributed by atoms with van der Waals surface area (Å²) >= 11 is 0. The van der Waals surface area contributed by atoms with Crippen LogP contribution in [-0.4, -0.2) is 36.1 Å². The highest BCUT2D eigenvalue weighted by Gasteiger charge is 2.28. The molecular weight excluding hydrogens is 344 g/mol. The number of benzene rings is 1. The lowest BCUT2D eigenvalue weighted by atomic mass is 10.1. The number of nitrogens with two attached hydrogens (primary N) is 1. The maximum absolute atomic E-state index is 12.0. The number of halogens is 1. The maximum atomic E-state index is 12.0. The van der Waals surface area contributed by atoms with Gasteiger partial charge in [-0.05, 0) is 18.8 Å². The normalized spacial score (nSPS) is 14.3. The van der Waals surface area contributed by atoms with Crippen molar-refractivity contribution in [1.82, 2.24) is 15.8 Å². The number of nitrogens with one attached hydrogen (secondary N) is 2. The zero-order valence-electron chi connectivity index (χ0n) is 13.6. The minimum Gasteiger partial charge on any atom is -0.355 e. The van der Waals surface area contributed by atoms with E-state index in [9.17, 15) is 9.59 Å². The molecule has 0 radical (unpaired) electrons. The standard InChI is InChI=1S/C17H20N4O3.ClH/c18-13(11-6-7-11)9-19-16(22)10-20-17(23)14-8-15(24-21-14)12-4-2-1-3-5-12;/h1-5,8,11,13H,6-7,9-10,18H2,(H,19,22)(H,20,23);1H. The SMILES string of the molecule is Cl.NC(CNC(=O)CNC(=O)c1cc(-c2ccccc2)on1)C1CC1. The Morgan fingerprint density at radius 2 is 1.96 bits per heavy atom. The van der Waals surface area contributed by atoms with Gasteiger partial charge in [0.1, 0.15) is 0 Å². The van der Waals surface area contributed by atoms with E-state index in [1.807, 2.05) is 30.3 Å². The van der Waals surface area contributed by atoms with Gasteiger partial charge >= 0.3 is 0 Å². The third kappa shape index (κ3) is 5.30. The molecule has 7 nitrogen and oxygen atoms in total. The fraction of sp³-hybridized carbons (Fsp3) is 0.353. The van der Waals surface area contributed by atoms with Gasteiger partial charge in [-0.3, -0.25) is 9.59 Å². The first kappa shape index (κ1) is 19.0. The van der Waals surface area contributed by atoms with E-state index in [1.165, 1.54) is 0 Å². The molecule has 1 heterocycles. The van der Waals surface area contributed by atoms with Crippen LogP contribution in [0.5, 0.6) is 0 Å². The summed E-state index contributed by atoms with van der Waals surface area (Å²) in [6, 6.07) is 10.9. The van der Waals surface area contributed by atoms with Crippen LogP contribution in [0.25, 0.3) is 11.3 Å². The molecule has 134 valence electrons. The summed E-state index contributed by atoms with van der Waals surface area (Å²) in [7, 11) is 0. The van der Waals surface area contributed by atoms with Crippen molar-refractivity contribution in [1.29, 1.82) is 0 Å². The molecule has 1 aromatic heterocycles. The van der Waals surface area contributed by atoms with E-state index >= 15 is 0 Å². The predicted octanol–water partition coefficient (Wildman–Crippen LogP) is 1.35. The Labute approximate surface area is 151 Å². The van der Waals surface area contributed by atoms with Gasteiger partial charge in [0, 0.05) is 24.2 Å². The maximum Gasteiger partial charge on any atom is 0.273 e. The van der Waals surface area contributed by atoms with Gasteiger partial charge in [0.2, 0.25) is 5.91 Å². The van der Waals surface area contributed by atoms with Crippen molar-refractivity contribution in [3.63, 3.8) is 0 Å². The molecule has 4 N–H and O–H groups in total. The zero-order valence-corrected chi connectivity index (χ0v) is 14.4. The molecule has 0 bridgehead atoms. The van der Waals surface area contributed by atoms with Crippen molar-refractivity contribution < 1.29 is 14.1 Å². The number of amides is 2. The number of hydrogen-bond acceptors (Lipinski definition) is 5. The summed E-state index contributed by atoms with van der Waals surface area (Å²) in [5.74, 6) is 0.292. The van der Waals surface area contributed by atoms with Gasteiger partial charge in [-0.15, -0.1) is 12.4 Å². The molecule has 25 heavy (non-hydrogen) atoms. The molecule has 8 heteroatoms. The molecule has 3 rings (SSSR count). The molecule has 2 aromatic rings. The molecular formula is C17H21ClN4O3. The van der Waals surface area contributed by atoms with Crippen LogP contribution >= 0.6 is 12.4 Å². The summed E-state index contributed by atoms with van der Waals surface area (Å²) in [5.41, 5.74) is 6.87. The molecule has 0 saturated heterocycles. The van der Waals surface area contributed by atoms with Crippen molar-refractivity contribution >= 4 is 24.2 Å². The van der Waals surface area contributed by atoms with Crippen molar-refractivity contribution in [2.75, 3.05) is 13.1 Å². The Hall–Kier alpha value is -2.38. The molecule has 1 aromatic carbocycles. The highest BCUT2D eigenvalue weighted by atomic mass is 35.5. The van der Waals surface area contributed by atoms with Crippen molar-refractivity contribution in [2.45, 2.75) is 18.9 Å². The fourth-order valence-corrected chi connectivity index (χ4v) is 2.36. The summed E-state index contributed by atoms with van der Waals surface area (Å²) in [6.07, 6.45) is 2.26. The predicted molar refractivity (Wildman–Crippen MR) is 95.2 cm³/mol. The van der Waals surface area contributed by atoms with E-state index in [1.54, 1.807) is 6.07 Å². The first-order chi connectivity index (χ1) is 11.6. The Kier molecular flexibility index (Phi) is 6.55. The van der Waals surface area contributed by atoms with E-state index in [4.69, 9.17) is 10.3 Å². The van der Waals surface area contributed by atoms with Crippen molar-refractivity contribution in [3.05, 3.63) is 42.1 Å². The smallest absolute Gasteiger partial charge is 0.273 e. The molecule has 0 spiro atoms. The van der Waals surface area contributed by atoms with Crippen LogP contribution in [0, 0.1) is 5.92 Å². The average Bonchev–Trinajstić information content (AvgIpc) is 3.35. The number of nitrogens with zero attached hydrogens (tertiary/aromatic N) is 1. The van der Waals surface area contributed by atoms with E-state index in [2.05, 4.69) is 15.8 Å². The Morgan fingerprint density at radius 1 is 1.24 bits per heavy atom. The number of carbonyl (C=O) groups is 2. The first-order valence-corrected chi connectivity index (χ1v) is 7.96. The number of aromatic nitrogens is 1. The fourth-order valence-electron chi connectivity index (χ4n) is 2.36. The zero-order chi connectivity index (χ0) is 16.9. The van der Waals surface area contributed by atoms with Crippen molar-refractivity contribution in [2.24, 2.45) is 11.7 Å². The Balaban J connectivity index is 0.00000225. The van der Waals surface area contributed by atoms with Crippen LogP contribution < -0.4 is 16.4 Å². The van der Waals surface area contributed by atoms with Crippen LogP contribution in [0.4, 0.5) is 0 Å². The minimum atomic E-state index is -0.456. The highest BCUT2D eigenvalue weighted by Crippen LogP contribution is 2.31. The van der Waals surface area contributed by atoms with E-state index in [0.29, 0.717) is 18.2 Å². The highest BCUT2D eigenvalue weighted by molar-refractivity contribution is 5.95. The second-order valence-corrected chi connectivity index (χ2v) is 5.93. The largest absolute Gasteiger partial charge is 0.355 e. The molecule has 1 aliphatic rings. The van der Waals surface area contributed by atoms with Gasteiger partial charge in [0.05, 0.1) is 6.54 Å². The van der Waals surface area contributed by atoms with Crippen LogP contribution in [0.1, 0.15) is 23.3 Å². The van der Waals surface area contributed by atoms with Crippen LogP contribution in [0.2, 0.25) is 0 Å². The summed E-state index contributed by atoms with van der Waals surface area (Å²) < 4.78 is 5.16.